The number of aliphatic hydroxyl groups is 1. The summed E-state index contributed by atoms with van der Waals surface area (Å²) < 4.78 is 31.3. The van der Waals surface area contributed by atoms with Crippen molar-refractivity contribution in [3.05, 3.63) is 29.6 Å². The van der Waals surface area contributed by atoms with E-state index in [9.17, 15) is 8.60 Å². The molecule has 1 heterocycles. The minimum absolute atomic E-state index is 0.0385. The fraction of sp³-hybridized carbons (Fsp3) is 0.375. The summed E-state index contributed by atoms with van der Waals surface area (Å²) in [5, 5.41) is 8.47. The molecule has 0 saturated heterocycles. The van der Waals surface area contributed by atoms with Gasteiger partial charge in [-0.3, -0.25) is 4.98 Å². The first-order valence-corrected chi connectivity index (χ1v) is 5.18. The zero-order valence-electron chi connectivity index (χ0n) is 7.26. The average Bonchev–Trinajstić information content (AvgIpc) is 2.01. The van der Waals surface area contributed by atoms with Gasteiger partial charge in [-0.15, -0.1) is 0 Å². The van der Waals surface area contributed by atoms with Gasteiger partial charge in [0.2, 0.25) is 0 Å². The molecule has 2 N–H and O–H groups in total. The summed E-state index contributed by atoms with van der Waals surface area (Å²) in [6.07, 6.45) is 0.764. The van der Waals surface area contributed by atoms with E-state index in [1.54, 1.807) is 6.07 Å². The van der Waals surface area contributed by atoms with Crippen LogP contribution in [0.3, 0.4) is 0 Å². The van der Waals surface area contributed by atoms with Crippen LogP contribution in [0.1, 0.15) is 11.1 Å². The van der Waals surface area contributed by atoms with Gasteiger partial charge in [0.25, 0.3) is 0 Å². The van der Waals surface area contributed by atoms with Gasteiger partial charge in [0.1, 0.15) is 0 Å². The van der Waals surface area contributed by atoms with Crippen molar-refractivity contribution in [2.24, 2.45) is 0 Å². The van der Waals surface area contributed by atoms with Crippen molar-refractivity contribution in [1.82, 2.24) is 4.98 Å². The maximum atomic E-state index is 12.2. The molecule has 0 amide bonds. The van der Waals surface area contributed by atoms with Crippen LogP contribution < -0.4 is 0 Å². The predicted octanol–water partition coefficient (Wildman–Crippen LogP) is 0.634. The normalized spacial score (nSPS) is 15.1. The van der Waals surface area contributed by atoms with Crippen molar-refractivity contribution >= 4 is 11.1 Å². The van der Waals surface area contributed by atoms with Gasteiger partial charge in [0.05, 0.1) is 5.75 Å². The second-order valence-electron chi connectivity index (χ2n) is 2.81. The van der Waals surface area contributed by atoms with Gasteiger partial charge in [-0.25, -0.2) is 8.60 Å². The van der Waals surface area contributed by atoms with E-state index in [2.05, 4.69) is 4.98 Å². The number of rotatable bonds is 4. The molecule has 78 valence electrons. The van der Waals surface area contributed by atoms with Gasteiger partial charge in [-0.05, 0) is 11.1 Å². The maximum absolute atomic E-state index is 12.2. The van der Waals surface area contributed by atoms with Crippen molar-refractivity contribution in [1.29, 1.82) is 0 Å². The van der Waals surface area contributed by atoms with E-state index in [1.807, 2.05) is 0 Å². The summed E-state index contributed by atoms with van der Waals surface area (Å²) in [6, 6.07) is 1.55. The Morgan fingerprint density at radius 1 is 1.50 bits per heavy atom. The lowest BCUT2D eigenvalue weighted by atomic mass is 10.2. The fourth-order valence-corrected chi connectivity index (χ4v) is 1.51. The van der Waals surface area contributed by atoms with Crippen LogP contribution in [0.4, 0.5) is 4.39 Å². The van der Waals surface area contributed by atoms with Gasteiger partial charge < -0.3 is 9.66 Å². The fourth-order valence-electron chi connectivity index (χ4n) is 1.07. The molecule has 1 aromatic rings. The first-order chi connectivity index (χ1) is 6.58. The Bertz CT molecular complexity index is 332. The lowest BCUT2D eigenvalue weighted by Crippen LogP contribution is -2.04. The Morgan fingerprint density at radius 3 is 2.71 bits per heavy atom. The molecule has 0 aliphatic heterocycles. The highest BCUT2D eigenvalue weighted by molar-refractivity contribution is 7.78. The Balaban J connectivity index is 2.73. The molecule has 0 bridgehead atoms. The largest absolute Gasteiger partial charge is 0.364 e. The van der Waals surface area contributed by atoms with Crippen LogP contribution in [-0.2, 0) is 23.3 Å². The molecule has 0 aliphatic carbocycles. The number of alkyl halides is 1. The summed E-state index contributed by atoms with van der Waals surface area (Å²) in [5.41, 5.74) is 1.05. The van der Waals surface area contributed by atoms with E-state index < -0.39 is 17.4 Å². The van der Waals surface area contributed by atoms with Crippen LogP contribution in [0.2, 0.25) is 0 Å². The highest BCUT2D eigenvalue weighted by Crippen LogP contribution is 2.07. The van der Waals surface area contributed by atoms with E-state index in [4.69, 9.17) is 9.66 Å². The van der Waals surface area contributed by atoms with Gasteiger partial charge in [0.15, 0.2) is 17.4 Å². The van der Waals surface area contributed by atoms with E-state index in [1.165, 1.54) is 12.4 Å². The van der Waals surface area contributed by atoms with Crippen molar-refractivity contribution in [2.45, 2.75) is 18.5 Å². The maximum Gasteiger partial charge on any atom is 0.200 e. The van der Waals surface area contributed by atoms with Crippen molar-refractivity contribution < 1.29 is 18.3 Å². The molecule has 0 radical (unpaired) electrons. The predicted molar refractivity (Wildman–Crippen MR) is 49.5 cm³/mol. The highest BCUT2D eigenvalue weighted by Gasteiger charge is 2.05. The first kappa shape index (κ1) is 11.2. The van der Waals surface area contributed by atoms with E-state index in [0.29, 0.717) is 11.1 Å². The quantitative estimate of drug-likeness (QED) is 0.729. The zero-order chi connectivity index (χ0) is 10.6. The number of halogens is 1. The molecule has 1 rings (SSSR count). The molecule has 0 fully saturated rings. The molecule has 0 aromatic carbocycles. The number of aromatic nitrogens is 1. The Hall–Kier alpha value is -0.850. The Labute approximate surface area is 83.1 Å². The molecule has 0 aliphatic rings. The van der Waals surface area contributed by atoms with Crippen LogP contribution in [0.15, 0.2) is 18.5 Å². The molecular formula is C8H10FNO3S. The van der Waals surface area contributed by atoms with Gasteiger partial charge in [-0.2, -0.15) is 0 Å². The van der Waals surface area contributed by atoms with Crippen LogP contribution in [-0.4, -0.2) is 25.2 Å². The number of hydrogen-bond donors (Lipinski definition) is 2. The standard InChI is InChI=1S/C8H10FNO3S/c9-8(11)2-6-1-7(4-10-3-6)5-14(12)13/h1,3-4,8,11H,2,5H2,(H,12,13). The third kappa shape index (κ3) is 3.91. The van der Waals surface area contributed by atoms with Gasteiger partial charge >= 0.3 is 0 Å². The lowest BCUT2D eigenvalue weighted by molar-refractivity contribution is 0.0429. The second kappa shape index (κ2) is 5.14. The molecule has 2 unspecified atom stereocenters. The molecule has 4 nitrogen and oxygen atoms in total. The molecular weight excluding hydrogens is 209 g/mol. The SMILES string of the molecule is O=S(O)Cc1cncc(CC(O)F)c1. The summed E-state index contributed by atoms with van der Waals surface area (Å²) in [7, 11) is 0. The van der Waals surface area contributed by atoms with Crippen LogP contribution >= 0.6 is 0 Å². The van der Waals surface area contributed by atoms with Crippen molar-refractivity contribution in [3.63, 3.8) is 0 Å². The zero-order valence-corrected chi connectivity index (χ0v) is 8.08. The monoisotopic (exact) mass is 219 g/mol. The van der Waals surface area contributed by atoms with Gasteiger partial charge in [-0.1, -0.05) is 6.07 Å². The highest BCUT2D eigenvalue weighted by atomic mass is 32.2. The minimum atomic E-state index is -1.93. The lowest BCUT2D eigenvalue weighted by Gasteiger charge is -2.03. The van der Waals surface area contributed by atoms with Crippen molar-refractivity contribution in [2.75, 3.05) is 0 Å². The summed E-state index contributed by atoms with van der Waals surface area (Å²) in [5.74, 6) is -0.0385. The molecule has 1 aromatic heterocycles. The third-order valence-electron chi connectivity index (χ3n) is 1.55. The van der Waals surface area contributed by atoms with Gasteiger partial charge in [0, 0.05) is 18.8 Å². The smallest absolute Gasteiger partial charge is 0.200 e. The van der Waals surface area contributed by atoms with Crippen LogP contribution in [0.5, 0.6) is 0 Å². The summed E-state index contributed by atoms with van der Waals surface area (Å²) >= 11 is -1.93. The topological polar surface area (TPSA) is 70.4 Å². The summed E-state index contributed by atoms with van der Waals surface area (Å²) in [4.78, 5) is 3.77. The summed E-state index contributed by atoms with van der Waals surface area (Å²) in [6.45, 7) is 0. The first-order valence-electron chi connectivity index (χ1n) is 3.90. The molecule has 2 atom stereocenters. The van der Waals surface area contributed by atoms with Crippen molar-refractivity contribution in [3.8, 4) is 0 Å². The Morgan fingerprint density at radius 2 is 2.14 bits per heavy atom. The Kier molecular flexibility index (Phi) is 4.12. The number of hydrogen-bond acceptors (Lipinski definition) is 3. The molecule has 14 heavy (non-hydrogen) atoms. The number of aliphatic hydroxyl groups excluding tert-OH is 1. The number of pyridine rings is 1. The minimum Gasteiger partial charge on any atom is -0.364 e. The second-order valence-corrected chi connectivity index (χ2v) is 3.74. The van der Waals surface area contributed by atoms with E-state index in [-0.39, 0.29) is 12.2 Å². The average molecular weight is 219 g/mol. The van der Waals surface area contributed by atoms with E-state index >= 15 is 0 Å². The molecule has 0 spiro atoms. The molecule has 0 saturated carbocycles. The third-order valence-corrected chi connectivity index (χ3v) is 2.13. The van der Waals surface area contributed by atoms with Crippen LogP contribution in [0, 0.1) is 0 Å². The molecule has 6 heteroatoms. The van der Waals surface area contributed by atoms with E-state index in [0.717, 1.165) is 0 Å². The number of nitrogens with zero attached hydrogens (tertiary/aromatic N) is 1. The van der Waals surface area contributed by atoms with Crippen LogP contribution in [0.25, 0.3) is 0 Å².